The first kappa shape index (κ1) is 15.7. The number of aromatic nitrogens is 1. The molecule has 5 heteroatoms. The Bertz CT molecular complexity index is 820. The zero-order valence-corrected chi connectivity index (χ0v) is 12.8. The lowest BCUT2D eigenvalue weighted by molar-refractivity contribution is 0.0948. The molecule has 0 aliphatic rings. The summed E-state index contributed by atoms with van der Waals surface area (Å²) >= 11 is 0. The van der Waals surface area contributed by atoms with Crippen LogP contribution in [0.25, 0.3) is 0 Å². The number of hydrogen-bond donors (Lipinski definition) is 1. The van der Waals surface area contributed by atoms with Gasteiger partial charge in [0.15, 0.2) is 0 Å². The minimum atomic E-state index is -0.309. The summed E-state index contributed by atoms with van der Waals surface area (Å²) in [5.41, 5.74) is 1.14. The molecule has 0 unspecified atom stereocenters. The van der Waals surface area contributed by atoms with Gasteiger partial charge in [0.2, 0.25) is 5.88 Å². The van der Waals surface area contributed by atoms with Crippen LogP contribution in [0.3, 0.4) is 0 Å². The van der Waals surface area contributed by atoms with E-state index < -0.39 is 0 Å². The van der Waals surface area contributed by atoms with Crippen molar-refractivity contribution in [2.45, 2.75) is 6.54 Å². The van der Waals surface area contributed by atoms with Crippen molar-refractivity contribution in [2.75, 3.05) is 0 Å². The maximum absolute atomic E-state index is 12.9. The second kappa shape index (κ2) is 7.37. The lowest BCUT2D eigenvalue weighted by atomic mass is 10.2. The van der Waals surface area contributed by atoms with Crippen molar-refractivity contribution in [2.24, 2.45) is 0 Å². The Morgan fingerprint density at radius 3 is 2.50 bits per heavy atom. The summed E-state index contributed by atoms with van der Waals surface area (Å²) in [4.78, 5) is 16.5. The van der Waals surface area contributed by atoms with E-state index in [1.54, 1.807) is 42.6 Å². The average Bonchev–Trinajstić information content (AvgIpc) is 2.62. The molecule has 24 heavy (non-hydrogen) atoms. The van der Waals surface area contributed by atoms with Crippen molar-refractivity contribution in [3.63, 3.8) is 0 Å². The molecule has 120 valence electrons. The largest absolute Gasteiger partial charge is 0.438 e. The van der Waals surface area contributed by atoms with Gasteiger partial charge in [0, 0.05) is 12.7 Å². The van der Waals surface area contributed by atoms with Crippen molar-refractivity contribution in [3.8, 4) is 11.6 Å². The molecule has 3 rings (SSSR count). The summed E-state index contributed by atoms with van der Waals surface area (Å²) in [5.74, 6) is 0.221. The number of ether oxygens (including phenoxy) is 1. The van der Waals surface area contributed by atoms with E-state index in [4.69, 9.17) is 4.74 Å². The number of hydrogen-bond acceptors (Lipinski definition) is 3. The van der Waals surface area contributed by atoms with Crippen molar-refractivity contribution >= 4 is 5.91 Å². The van der Waals surface area contributed by atoms with Crippen LogP contribution < -0.4 is 10.1 Å². The Kier molecular flexibility index (Phi) is 4.81. The van der Waals surface area contributed by atoms with Crippen LogP contribution in [0.2, 0.25) is 0 Å². The maximum Gasteiger partial charge on any atom is 0.257 e. The van der Waals surface area contributed by atoms with E-state index in [1.807, 2.05) is 18.2 Å². The highest BCUT2D eigenvalue weighted by Crippen LogP contribution is 2.22. The third kappa shape index (κ3) is 3.95. The molecule has 1 N–H and O–H groups in total. The smallest absolute Gasteiger partial charge is 0.257 e. The van der Waals surface area contributed by atoms with Crippen LogP contribution in [-0.4, -0.2) is 10.9 Å². The monoisotopic (exact) mass is 322 g/mol. The highest BCUT2D eigenvalue weighted by atomic mass is 19.1. The van der Waals surface area contributed by atoms with Crippen LogP contribution in [0.15, 0.2) is 72.9 Å². The molecule has 0 radical (unpaired) electrons. The van der Waals surface area contributed by atoms with E-state index in [1.165, 1.54) is 12.1 Å². The minimum Gasteiger partial charge on any atom is -0.438 e. The molecule has 0 atom stereocenters. The standard InChI is InChI=1S/C19H15FN2O2/c20-15-10-8-14(9-11-15)13-22-18(23)17-7-4-12-21-19(17)24-16-5-2-1-3-6-16/h1-12H,13H2,(H,22,23). The SMILES string of the molecule is O=C(NCc1ccc(F)cc1)c1cccnc1Oc1ccccc1. The first-order chi connectivity index (χ1) is 11.7. The maximum atomic E-state index is 12.9. The fraction of sp³-hybridized carbons (Fsp3) is 0.0526. The molecule has 1 heterocycles. The Labute approximate surface area is 138 Å². The van der Waals surface area contributed by atoms with E-state index in [0.29, 0.717) is 17.9 Å². The summed E-state index contributed by atoms with van der Waals surface area (Å²) in [7, 11) is 0. The van der Waals surface area contributed by atoms with E-state index >= 15 is 0 Å². The fourth-order valence-corrected chi connectivity index (χ4v) is 2.12. The molecule has 0 aliphatic heterocycles. The topological polar surface area (TPSA) is 51.2 Å². The number of carbonyl (C=O) groups is 1. The number of halogens is 1. The van der Waals surface area contributed by atoms with Gasteiger partial charge >= 0.3 is 0 Å². The van der Waals surface area contributed by atoms with Crippen LogP contribution in [0.4, 0.5) is 4.39 Å². The molecule has 1 amide bonds. The Balaban J connectivity index is 1.71. The zero-order valence-electron chi connectivity index (χ0n) is 12.8. The third-order valence-electron chi connectivity index (χ3n) is 3.34. The number of nitrogens with zero attached hydrogens (tertiary/aromatic N) is 1. The number of benzene rings is 2. The third-order valence-corrected chi connectivity index (χ3v) is 3.34. The average molecular weight is 322 g/mol. The van der Waals surface area contributed by atoms with Crippen molar-refractivity contribution in [1.82, 2.24) is 10.3 Å². The Morgan fingerprint density at radius 2 is 1.75 bits per heavy atom. The second-order valence-corrected chi connectivity index (χ2v) is 5.08. The van der Waals surface area contributed by atoms with Gasteiger partial charge in [0.1, 0.15) is 17.1 Å². The van der Waals surface area contributed by atoms with Gasteiger partial charge in [-0.3, -0.25) is 4.79 Å². The summed E-state index contributed by atoms with van der Waals surface area (Å²) in [6.07, 6.45) is 1.56. The molecule has 4 nitrogen and oxygen atoms in total. The van der Waals surface area contributed by atoms with Gasteiger partial charge in [0.05, 0.1) is 0 Å². The number of rotatable bonds is 5. The molecular weight excluding hydrogens is 307 g/mol. The Hall–Kier alpha value is -3.21. The van der Waals surface area contributed by atoms with Crippen molar-refractivity contribution < 1.29 is 13.9 Å². The van der Waals surface area contributed by atoms with Gasteiger partial charge in [-0.25, -0.2) is 9.37 Å². The van der Waals surface area contributed by atoms with E-state index in [9.17, 15) is 9.18 Å². The molecule has 2 aromatic carbocycles. The quantitative estimate of drug-likeness (QED) is 0.774. The van der Waals surface area contributed by atoms with Crippen molar-refractivity contribution in [1.29, 1.82) is 0 Å². The molecule has 0 aliphatic carbocycles. The van der Waals surface area contributed by atoms with Gasteiger partial charge in [-0.2, -0.15) is 0 Å². The van der Waals surface area contributed by atoms with Crippen LogP contribution in [0.1, 0.15) is 15.9 Å². The highest BCUT2D eigenvalue weighted by Gasteiger charge is 2.14. The van der Waals surface area contributed by atoms with Crippen molar-refractivity contribution in [3.05, 3.63) is 89.9 Å². The molecule has 0 bridgehead atoms. The van der Waals surface area contributed by atoms with Gasteiger partial charge < -0.3 is 10.1 Å². The summed E-state index contributed by atoms with van der Waals surface area (Å²) in [6.45, 7) is 0.290. The predicted molar refractivity (Wildman–Crippen MR) is 88.3 cm³/mol. The molecule has 0 spiro atoms. The summed E-state index contributed by atoms with van der Waals surface area (Å²) < 4.78 is 18.6. The zero-order chi connectivity index (χ0) is 16.8. The summed E-state index contributed by atoms with van der Waals surface area (Å²) in [5, 5.41) is 2.78. The number of amides is 1. The van der Waals surface area contributed by atoms with Crippen LogP contribution in [0.5, 0.6) is 11.6 Å². The van der Waals surface area contributed by atoms with Gasteiger partial charge in [-0.05, 0) is 42.0 Å². The van der Waals surface area contributed by atoms with Gasteiger partial charge in [0.25, 0.3) is 5.91 Å². The number of pyridine rings is 1. The molecule has 3 aromatic rings. The lowest BCUT2D eigenvalue weighted by Gasteiger charge is -2.10. The van der Waals surface area contributed by atoms with E-state index in [-0.39, 0.29) is 17.6 Å². The second-order valence-electron chi connectivity index (χ2n) is 5.08. The van der Waals surface area contributed by atoms with Crippen LogP contribution in [-0.2, 0) is 6.54 Å². The number of para-hydroxylation sites is 1. The number of nitrogens with one attached hydrogen (secondary N) is 1. The van der Waals surface area contributed by atoms with E-state index in [0.717, 1.165) is 5.56 Å². The molecule has 0 saturated carbocycles. The fourth-order valence-electron chi connectivity index (χ4n) is 2.12. The minimum absolute atomic E-state index is 0.236. The highest BCUT2D eigenvalue weighted by molar-refractivity contribution is 5.96. The first-order valence-corrected chi connectivity index (χ1v) is 7.43. The van der Waals surface area contributed by atoms with E-state index in [2.05, 4.69) is 10.3 Å². The van der Waals surface area contributed by atoms with Crippen LogP contribution in [0, 0.1) is 5.82 Å². The van der Waals surface area contributed by atoms with Crippen LogP contribution >= 0.6 is 0 Å². The molecule has 0 saturated heterocycles. The first-order valence-electron chi connectivity index (χ1n) is 7.43. The lowest BCUT2D eigenvalue weighted by Crippen LogP contribution is -2.23. The normalized spacial score (nSPS) is 10.2. The van der Waals surface area contributed by atoms with Gasteiger partial charge in [-0.15, -0.1) is 0 Å². The summed E-state index contributed by atoms with van der Waals surface area (Å²) in [6, 6.07) is 18.4. The molecule has 0 fully saturated rings. The Morgan fingerprint density at radius 1 is 1.00 bits per heavy atom. The molecular formula is C19H15FN2O2. The predicted octanol–water partition coefficient (Wildman–Crippen LogP) is 3.94. The number of carbonyl (C=O) groups excluding carboxylic acids is 1. The van der Waals surface area contributed by atoms with Gasteiger partial charge in [-0.1, -0.05) is 30.3 Å². The molecule has 1 aromatic heterocycles.